The minimum absolute atomic E-state index is 0.0731. The van der Waals surface area contributed by atoms with E-state index in [4.69, 9.17) is 5.73 Å². The van der Waals surface area contributed by atoms with Gasteiger partial charge in [0, 0.05) is 11.5 Å². The largest absolute Gasteiger partial charge is 0.327 e. The summed E-state index contributed by atoms with van der Waals surface area (Å²) >= 11 is 0. The molecule has 1 fully saturated rings. The van der Waals surface area contributed by atoms with Gasteiger partial charge < -0.3 is 5.73 Å². The fraction of sp³-hybridized carbons (Fsp3) is 0.571. The normalized spacial score (nSPS) is 18.5. The molecule has 1 aliphatic rings. The molecule has 1 aromatic rings. The third-order valence-corrected chi connectivity index (χ3v) is 3.80. The fourth-order valence-electron chi connectivity index (χ4n) is 2.10. The Morgan fingerprint density at radius 3 is 2.38 bits per heavy atom. The highest BCUT2D eigenvalue weighted by Crippen LogP contribution is 2.38. The summed E-state index contributed by atoms with van der Waals surface area (Å²) in [5.41, 5.74) is 7.32. The lowest BCUT2D eigenvalue weighted by atomic mass is 9.76. The average molecular weight is 221 g/mol. The number of rotatable bonds is 4. The molecular formula is C14H20FN. The molecule has 1 unspecified atom stereocenters. The molecular weight excluding hydrogens is 201 g/mol. The summed E-state index contributed by atoms with van der Waals surface area (Å²) in [4.78, 5) is 0. The van der Waals surface area contributed by atoms with Gasteiger partial charge in [0.05, 0.1) is 0 Å². The van der Waals surface area contributed by atoms with Crippen LogP contribution in [0.3, 0.4) is 0 Å². The second-order valence-electron chi connectivity index (χ2n) is 5.51. The third kappa shape index (κ3) is 2.43. The van der Waals surface area contributed by atoms with Gasteiger partial charge in [-0.05, 0) is 30.0 Å². The van der Waals surface area contributed by atoms with Crippen LogP contribution in [-0.2, 0) is 5.41 Å². The van der Waals surface area contributed by atoms with E-state index in [0.717, 1.165) is 17.9 Å². The van der Waals surface area contributed by atoms with E-state index in [1.54, 1.807) is 0 Å². The Morgan fingerprint density at radius 1 is 1.31 bits per heavy atom. The summed E-state index contributed by atoms with van der Waals surface area (Å²) in [7, 11) is 0. The predicted molar refractivity (Wildman–Crippen MR) is 64.7 cm³/mol. The molecule has 16 heavy (non-hydrogen) atoms. The van der Waals surface area contributed by atoms with E-state index >= 15 is 0 Å². The van der Waals surface area contributed by atoms with Crippen LogP contribution in [0.15, 0.2) is 24.3 Å². The molecule has 2 heteroatoms. The van der Waals surface area contributed by atoms with Gasteiger partial charge in [-0.25, -0.2) is 4.39 Å². The fourth-order valence-corrected chi connectivity index (χ4v) is 2.10. The molecule has 0 aromatic heterocycles. The van der Waals surface area contributed by atoms with Crippen molar-refractivity contribution in [2.24, 2.45) is 11.7 Å². The molecule has 1 nitrogen and oxygen atoms in total. The minimum Gasteiger partial charge on any atom is -0.327 e. The molecule has 1 atom stereocenters. The van der Waals surface area contributed by atoms with Crippen LogP contribution < -0.4 is 5.73 Å². The summed E-state index contributed by atoms with van der Waals surface area (Å²) in [5.74, 6) is 0.644. The second-order valence-corrected chi connectivity index (χ2v) is 5.51. The molecule has 0 spiro atoms. The third-order valence-electron chi connectivity index (χ3n) is 3.80. The van der Waals surface area contributed by atoms with Crippen molar-refractivity contribution in [2.45, 2.75) is 44.6 Å². The Hall–Kier alpha value is -0.890. The number of hydrogen-bond acceptors (Lipinski definition) is 1. The van der Waals surface area contributed by atoms with Crippen LogP contribution in [-0.4, -0.2) is 6.04 Å². The van der Waals surface area contributed by atoms with Crippen LogP contribution in [0.4, 0.5) is 4.39 Å². The van der Waals surface area contributed by atoms with Crippen molar-refractivity contribution in [3.05, 3.63) is 35.6 Å². The van der Waals surface area contributed by atoms with Gasteiger partial charge in [-0.3, -0.25) is 0 Å². The number of hydrogen-bond donors (Lipinski definition) is 1. The molecule has 2 rings (SSSR count). The van der Waals surface area contributed by atoms with Crippen LogP contribution in [0, 0.1) is 11.7 Å². The van der Waals surface area contributed by atoms with E-state index in [2.05, 4.69) is 13.8 Å². The molecule has 0 bridgehead atoms. The van der Waals surface area contributed by atoms with Gasteiger partial charge in [-0.2, -0.15) is 0 Å². The van der Waals surface area contributed by atoms with E-state index in [0.29, 0.717) is 0 Å². The summed E-state index contributed by atoms with van der Waals surface area (Å²) in [5, 5.41) is 0. The smallest absolute Gasteiger partial charge is 0.123 e. The minimum atomic E-state index is -0.185. The van der Waals surface area contributed by atoms with Gasteiger partial charge in [0.2, 0.25) is 0 Å². The van der Waals surface area contributed by atoms with E-state index in [-0.39, 0.29) is 17.3 Å². The zero-order valence-corrected chi connectivity index (χ0v) is 10.0. The Balaban J connectivity index is 2.12. The van der Waals surface area contributed by atoms with Crippen molar-refractivity contribution in [3.63, 3.8) is 0 Å². The first-order valence-electron chi connectivity index (χ1n) is 6.02. The first-order valence-corrected chi connectivity index (χ1v) is 6.02. The molecule has 1 aliphatic carbocycles. The summed E-state index contributed by atoms with van der Waals surface area (Å²) < 4.78 is 12.9. The maximum Gasteiger partial charge on any atom is 0.123 e. The highest BCUT2D eigenvalue weighted by Gasteiger charge is 2.33. The van der Waals surface area contributed by atoms with Gasteiger partial charge >= 0.3 is 0 Å². The Kier molecular flexibility index (Phi) is 3.02. The van der Waals surface area contributed by atoms with Crippen LogP contribution in [0.25, 0.3) is 0 Å². The van der Waals surface area contributed by atoms with Gasteiger partial charge in [-0.15, -0.1) is 0 Å². The van der Waals surface area contributed by atoms with Crippen molar-refractivity contribution >= 4 is 0 Å². The van der Waals surface area contributed by atoms with Crippen LogP contribution in [0.5, 0.6) is 0 Å². The van der Waals surface area contributed by atoms with Crippen LogP contribution in [0.1, 0.15) is 38.7 Å². The van der Waals surface area contributed by atoms with E-state index in [1.165, 1.54) is 25.0 Å². The quantitative estimate of drug-likeness (QED) is 0.830. The molecule has 88 valence electrons. The van der Waals surface area contributed by atoms with Crippen molar-refractivity contribution in [1.29, 1.82) is 0 Å². The predicted octanol–water partition coefficient (Wildman–Crippen LogP) is 3.23. The average Bonchev–Trinajstić information content (AvgIpc) is 3.02. The highest BCUT2D eigenvalue weighted by atomic mass is 19.1. The lowest BCUT2D eigenvalue weighted by molar-refractivity contribution is 0.374. The Bertz CT molecular complexity index is 352. The van der Waals surface area contributed by atoms with E-state index in [9.17, 15) is 4.39 Å². The van der Waals surface area contributed by atoms with Crippen molar-refractivity contribution in [2.75, 3.05) is 0 Å². The zero-order valence-electron chi connectivity index (χ0n) is 10.0. The number of nitrogens with two attached hydrogens (primary N) is 1. The number of halogens is 1. The molecule has 1 saturated carbocycles. The standard InChI is InChI=1S/C14H20FN/c1-14(2,13(16)9-10-3-4-10)11-5-7-12(15)8-6-11/h5-8,10,13H,3-4,9,16H2,1-2H3. The first-order chi connectivity index (χ1) is 7.50. The zero-order chi connectivity index (χ0) is 11.8. The number of benzene rings is 1. The van der Waals surface area contributed by atoms with Gasteiger partial charge in [0.1, 0.15) is 5.82 Å². The Morgan fingerprint density at radius 2 is 1.88 bits per heavy atom. The SMILES string of the molecule is CC(C)(c1ccc(F)cc1)C(N)CC1CC1. The molecule has 0 aliphatic heterocycles. The highest BCUT2D eigenvalue weighted by molar-refractivity contribution is 5.26. The van der Waals surface area contributed by atoms with Crippen LogP contribution >= 0.6 is 0 Å². The van der Waals surface area contributed by atoms with Crippen LogP contribution in [0.2, 0.25) is 0 Å². The van der Waals surface area contributed by atoms with Crippen molar-refractivity contribution < 1.29 is 4.39 Å². The lowest BCUT2D eigenvalue weighted by Gasteiger charge is -2.32. The maximum absolute atomic E-state index is 12.9. The summed E-state index contributed by atoms with van der Waals surface area (Å²) in [6.45, 7) is 4.29. The maximum atomic E-state index is 12.9. The molecule has 1 aromatic carbocycles. The molecule has 0 radical (unpaired) electrons. The van der Waals surface area contributed by atoms with Crippen molar-refractivity contribution in [1.82, 2.24) is 0 Å². The van der Waals surface area contributed by atoms with E-state index in [1.807, 2.05) is 12.1 Å². The van der Waals surface area contributed by atoms with E-state index < -0.39 is 0 Å². The summed E-state index contributed by atoms with van der Waals surface area (Å²) in [6.07, 6.45) is 3.74. The molecule has 0 amide bonds. The molecule has 2 N–H and O–H groups in total. The molecule has 0 saturated heterocycles. The summed E-state index contributed by atoms with van der Waals surface area (Å²) in [6, 6.07) is 6.89. The molecule has 0 heterocycles. The lowest BCUT2D eigenvalue weighted by Crippen LogP contribution is -2.41. The van der Waals surface area contributed by atoms with Gasteiger partial charge in [0.25, 0.3) is 0 Å². The first kappa shape index (κ1) is 11.6. The van der Waals surface area contributed by atoms with Gasteiger partial charge in [-0.1, -0.05) is 38.8 Å². The second kappa shape index (κ2) is 4.17. The van der Waals surface area contributed by atoms with Gasteiger partial charge in [0.15, 0.2) is 0 Å². The Labute approximate surface area is 96.9 Å². The topological polar surface area (TPSA) is 26.0 Å². The monoisotopic (exact) mass is 221 g/mol. The van der Waals surface area contributed by atoms with Crippen molar-refractivity contribution in [3.8, 4) is 0 Å².